The Hall–Kier alpha value is -3.56. The van der Waals surface area contributed by atoms with Crippen LogP contribution in [0, 0.1) is 0 Å². The summed E-state index contributed by atoms with van der Waals surface area (Å²) in [5.74, 6) is 1.01. The highest BCUT2D eigenvalue weighted by atomic mass is 16.6. The molecular formula is C21H28N8O2. The Morgan fingerprint density at radius 2 is 1.97 bits per heavy atom. The molecule has 0 bridgehead atoms. The number of hydrogen-bond donors (Lipinski definition) is 3. The third kappa shape index (κ3) is 4.96. The predicted molar refractivity (Wildman–Crippen MR) is 122 cm³/mol. The number of rotatable bonds is 6. The van der Waals surface area contributed by atoms with Crippen LogP contribution in [0.4, 0.5) is 27.8 Å². The van der Waals surface area contributed by atoms with Crippen molar-refractivity contribution < 1.29 is 9.63 Å². The first-order valence-electron chi connectivity index (χ1n) is 10.5. The van der Waals surface area contributed by atoms with Gasteiger partial charge in [-0.15, -0.1) is 0 Å². The second kappa shape index (κ2) is 9.50. The molecule has 0 spiro atoms. The quantitative estimate of drug-likeness (QED) is 0.479. The minimum atomic E-state index is -0.218. The summed E-state index contributed by atoms with van der Waals surface area (Å²) < 4.78 is 0. The number of carbonyl (C=O) groups is 1. The van der Waals surface area contributed by atoms with Gasteiger partial charge in [0.2, 0.25) is 0 Å². The van der Waals surface area contributed by atoms with Crippen LogP contribution in [0.2, 0.25) is 0 Å². The fourth-order valence-corrected chi connectivity index (χ4v) is 4.03. The molecule has 0 saturated carbocycles. The van der Waals surface area contributed by atoms with Crippen molar-refractivity contribution in [3.8, 4) is 0 Å². The molecule has 1 unspecified atom stereocenters. The summed E-state index contributed by atoms with van der Waals surface area (Å²) >= 11 is 0. The molecule has 2 amide bonds. The molecule has 0 radical (unpaired) electrons. The maximum absolute atomic E-state index is 12.5. The van der Waals surface area contributed by atoms with E-state index in [1.165, 1.54) is 38.2 Å². The first kappa shape index (κ1) is 20.7. The predicted octanol–water partition coefficient (Wildman–Crippen LogP) is 2.04. The summed E-state index contributed by atoms with van der Waals surface area (Å²) in [7, 11) is 1.46. The van der Waals surface area contributed by atoms with Crippen molar-refractivity contribution in [1.29, 1.82) is 0 Å². The molecule has 3 heterocycles. The number of nitrogens with zero attached hydrogens (tertiary/aromatic N) is 5. The van der Waals surface area contributed by atoms with Crippen LogP contribution in [0.15, 0.2) is 35.7 Å². The lowest BCUT2D eigenvalue weighted by Crippen LogP contribution is -2.40. The van der Waals surface area contributed by atoms with Crippen molar-refractivity contribution in [2.75, 3.05) is 54.1 Å². The van der Waals surface area contributed by atoms with Gasteiger partial charge in [0, 0.05) is 43.6 Å². The molecule has 2 aliphatic heterocycles. The van der Waals surface area contributed by atoms with Crippen LogP contribution in [0.1, 0.15) is 24.8 Å². The van der Waals surface area contributed by atoms with Crippen LogP contribution in [-0.4, -0.2) is 61.5 Å². The van der Waals surface area contributed by atoms with Gasteiger partial charge in [-0.3, -0.25) is 0 Å². The first-order chi connectivity index (χ1) is 15.1. The molecule has 2 saturated heterocycles. The van der Waals surface area contributed by atoms with Crippen molar-refractivity contribution in [3.05, 3.63) is 36.2 Å². The molecular weight excluding hydrogens is 396 g/mol. The number of oxime groups is 1. The summed E-state index contributed by atoms with van der Waals surface area (Å²) in [5.41, 5.74) is 8.55. The van der Waals surface area contributed by atoms with Gasteiger partial charge in [0.1, 0.15) is 25.1 Å². The maximum Gasteiger partial charge on any atom is 0.319 e. The minimum Gasteiger partial charge on any atom is -0.399 e. The highest BCUT2D eigenvalue weighted by Crippen LogP contribution is 2.24. The zero-order valence-electron chi connectivity index (χ0n) is 17.6. The highest BCUT2D eigenvalue weighted by molar-refractivity contribution is 5.92. The Morgan fingerprint density at radius 1 is 1.19 bits per heavy atom. The molecule has 0 aliphatic carbocycles. The Kier molecular flexibility index (Phi) is 6.34. The lowest BCUT2D eigenvalue weighted by atomic mass is 10.2. The van der Waals surface area contributed by atoms with E-state index < -0.39 is 0 Å². The monoisotopic (exact) mass is 424 g/mol. The smallest absolute Gasteiger partial charge is 0.319 e. The van der Waals surface area contributed by atoms with Crippen LogP contribution >= 0.6 is 0 Å². The topological polar surface area (TPSA) is 121 Å². The van der Waals surface area contributed by atoms with Crippen LogP contribution in [0.25, 0.3) is 0 Å². The molecule has 31 heavy (non-hydrogen) atoms. The lowest BCUT2D eigenvalue weighted by Gasteiger charge is -2.20. The fourth-order valence-electron chi connectivity index (χ4n) is 4.03. The number of hydrogen-bond acceptors (Lipinski definition) is 8. The summed E-state index contributed by atoms with van der Waals surface area (Å²) in [6.45, 7) is 3.55. The fraction of sp³-hybridized carbons (Fsp3) is 0.429. The summed E-state index contributed by atoms with van der Waals surface area (Å²) in [4.78, 5) is 30.0. The number of nitrogen functional groups attached to an aromatic ring is 1. The van der Waals surface area contributed by atoms with E-state index in [0.717, 1.165) is 31.7 Å². The van der Waals surface area contributed by atoms with Gasteiger partial charge in [0.15, 0.2) is 0 Å². The summed E-state index contributed by atoms with van der Waals surface area (Å²) in [6.07, 6.45) is 6.20. The van der Waals surface area contributed by atoms with Gasteiger partial charge in [-0.05, 0) is 43.5 Å². The second-order valence-electron chi connectivity index (χ2n) is 7.68. The van der Waals surface area contributed by atoms with E-state index in [9.17, 15) is 4.79 Å². The van der Waals surface area contributed by atoms with Gasteiger partial charge in [0.05, 0.1) is 11.8 Å². The van der Waals surface area contributed by atoms with E-state index in [1.54, 1.807) is 0 Å². The summed E-state index contributed by atoms with van der Waals surface area (Å²) in [5, 5.41) is 9.74. The normalized spacial score (nSPS) is 18.5. The Labute approximate surface area is 181 Å². The van der Waals surface area contributed by atoms with Gasteiger partial charge < -0.3 is 31.0 Å². The Morgan fingerprint density at radius 3 is 2.71 bits per heavy atom. The van der Waals surface area contributed by atoms with Crippen molar-refractivity contribution in [1.82, 2.24) is 15.3 Å². The second-order valence-corrected chi connectivity index (χ2v) is 7.68. The zero-order chi connectivity index (χ0) is 21.6. The van der Waals surface area contributed by atoms with Gasteiger partial charge in [-0.25, -0.2) is 14.8 Å². The molecule has 1 aromatic carbocycles. The number of benzene rings is 1. The molecule has 4 N–H and O–H groups in total. The standard InChI is InChI=1S/C21H28N8O2/c1-31-25-12-18-19(22)23-14-24-20(18)29-11-8-16(13-29)27-21(30)26-15-4-6-17(7-5-15)28-9-2-3-10-28/h4-7,12,14,16H,2-3,8-11,13H2,1H3,(H2,22,23,24)(H2,26,27,30)/b25-12+. The van der Waals surface area contributed by atoms with Gasteiger partial charge in [-0.1, -0.05) is 5.16 Å². The number of nitrogens with two attached hydrogens (primary N) is 1. The third-order valence-corrected chi connectivity index (χ3v) is 5.60. The lowest BCUT2D eigenvalue weighted by molar-refractivity contribution is 0.215. The van der Waals surface area contributed by atoms with E-state index >= 15 is 0 Å². The molecule has 164 valence electrons. The largest absolute Gasteiger partial charge is 0.399 e. The summed E-state index contributed by atoms with van der Waals surface area (Å²) in [6, 6.07) is 7.77. The number of aromatic nitrogens is 2. The molecule has 1 aromatic heterocycles. The van der Waals surface area contributed by atoms with Gasteiger partial charge in [0.25, 0.3) is 0 Å². The van der Waals surface area contributed by atoms with Crippen LogP contribution in [-0.2, 0) is 4.84 Å². The SMILES string of the molecule is CO/N=C/c1c(N)ncnc1N1CCC(NC(=O)Nc2ccc(N3CCCC3)cc2)C1. The average Bonchev–Trinajstić information content (AvgIpc) is 3.46. The van der Waals surface area contributed by atoms with Crippen molar-refractivity contribution in [3.63, 3.8) is 0 Å². The Bertz CT molecular complexity index is 927. The van der Waals surface area contributed by atoms with E-state index in [2.05, 4.69) is 47.7 Å². The van der Waals surface area contributed by atoms with Gasteiger partial charge >= 0.3 is 6.03 Å². The van der Waals surface area contributed by atoms with Crippen molar-refractivity contribution in [2.45, 2.75) is 25.3 Å². The van der Waals surface area contributed by atoms with Gasteiger partial charge in [-0.2, -0.15) is 0 Å². The number of anilines is 4. The highest BCUT2D eigenvalue weighted by Gasteiger charge is 2.27. The number of carbonyl (C=O) groups excluding carboxylic acids is 1. The molecule has 10 heteroatoms. The number of amides is 2. The third-order valence-electron chi connectivity index (χ3n) is 5.60. The van der Waals surface area contributed by atoms with E-state index in [1.807, 2.05) is 12.1 Å². The minimum absolute atomic E-state index is 0.00715. The molecule has 2 fully saturated rings. The average molecular weight is 425 g/mol. The molecule has 4 rings (SSSR count). The zero-order valence-corrected chi connectivity index (χ0v) is 17.6. The van der Waals surface area contributed by atoms with Crippen molar-refractivity contribution >= 4 is 35.3 Å². The molecule has 2 aromatic rings. The maximum atomic E-state index is 12.5. The number of urea groups is 1. The molecule has 1 atom stereocenters. The Balaban J connectivity index is 1.33. The van der Waals surface area contributed by atoms with Crippen LogP contribution in [0.5, 0.6) is 0 Å². The molecule has 10 nitrogen and oxygen atoms in total. The first-order valence-corrected chi connectivity index (χ1v) is 10.5. The molecule has 2 aliphatic rings. The van der Waals surface area contributed by atoms with Crippen LogP contribution < -0.4 is 26.2 Å². The number of nitrogens with one attached hydrogen (secondary N) is 2. The van der Waals surface area contributed by atoms with E-state index in [4.69, 9.17) is 10.6 Å². The van der Waals surface area contributed by atoms with E-state index in [0.29, 0.717) is 23.7 Å². The van der Waals surface area contributed by atoms with E-state index in [-0.39, 0.29) is 12.1 Å². The van der Waals surface area contributed by atoms with Crippen LogP contribution in [0.3, 0.4) is 0 Å². The van der Waals surface area contributed by atoms with Crippen molar-refractivity contribution in [2.24, 2.45) is 5.16 Å².